The van der Waals surface area contributed by atoms with Gasteiger partial charge in [-0.2, -0.15) is 8.78 Å². The average Bonchev–Trinajstić information content (AvgIpc) is 1.37. The van der Waals surface area contributed by atoms with Crippen LogP contribution in [-0.4, -0.2) is 141 Å². The number of alkyl carbamates (subject to hydrolysis) is 1. The van der Waals surface area contributed by atoms with Crippen LogP contribution in [0.5, 0.6) is 5.75 Å². The van der Waals surface area contributed by atoms with E-state index in [1.54, 1.807) is 53.9 Å². The maximum Gasteiger partial charge on any atom is 0.408 e. The summed E-state index contributed by atoms with van der Waals surface area (Å²) in [6.45, 7) is 20.6. The van der Waals surface area contributed by atoms with Crippen LogP contribution in [0.25, 0.3) is 0 Å². The van der Waals surface area contributed by atoms with Crippen molar-refractivity contribution in [2.24, 2.45) is 23.7 Å². The fourth-order valence-corrected chi connectivity index (χ4v) is 8.08. The van der Waals surface area contributed by atoms with E-state index >= 15 is 0 Å². The molecule has 0 spiro atoms. The molecule has 86 heavy (non-hydrogen) atoms. The molecule has 0 aliphatic heterocycles. The Kier molecular flexibility index (Phi) is 29.2. The second kappa shape index (κ2) is 34.1. The van der Waals surface area contributed by atoms with Crippen molar-refractivity contribution in [2.75, 3.05) is 28.4 Å². The third-order valence-electron chi connectivity index (χ3n) is 13.2. The fraction of sp³-hybridized carbons (Fsp3) is 0.525. The second-order valence-corrected chi connectivity index (χ2v) is 21.8. The molecule has 476 valence electrons. The molecule has 0 aliphatic rings. The molecule has 0 bridgehead atoms. The third kappa shape index (κ3) is 22.6. The first-order chi connectivity index (χ1) is 40.0. The van der Waals surface area contributed by atoms with Crippen molar-refractivity contribution in [2.45, 2.75) is 150 Å². The molecule has 0 aliphatic carbocycles. The van der Waals surface area contributed by atoms with Crippen molar-refractivity contribution in [1.29, 1.82) is 0 Å². The Hall–Kier alpha value is -8.23. The minimum atomic E-state index is -2.52. The normalized spacial score (nSPS) is 15.2. The lowest BCUT2D eigenvalue weighted by atomic mass is 9.94. The number of carbonyl (C=O) groups is 10. The molecule has 0 saturated heterocycles. The van der Waals surface area contributed by atoms with Gasteiger partial charge in [0.1, 0.15) is 41.5 Å². The van der Waals surface area contributed by atoms with Crippen LogP contribution in [0.1, 0.15) is 101 Å². The van der Waals surface area contributed by atoms with E-state index in [-0.39, 0.29) is 30.8 Å². The summed E-state index contributed by atoms with van der Waals surface area (Å²) in [5.74, 6) is -26.7. The first kappa shape index (κ1) is 73.9. The van der Waals surface area contributed by atoms with Crippen LogP contribution in [0.3, 0.4) is 0 Å². The van der Waals surface area contributed by atoms with E-state index in [4.69, 9.17) is 18.9 Å². The van der Waals surface area contributed by atoms with E-state index in [0.29, 0.717) is 6.42 Å². The van der Waals surface area contributed by atoms with Crippen molar-refractivity contribution in [3.63, 3.8) is 0 Å². The molecule has 10 atom stereocenters. The van der Waals surface area contributed by atoms with Gasteiger partial charge in [-0.3, -0.25) is 28.8 Å². The first-order valence-electron chi connectivity index (χ1n) is 27.3. The molecule has 2 aromatic carbocycles. The quantitative estimate of drug-likeness (QED) is 0.00828. The SMILES string of the molecule is C=C(C(=O)N[C@H](C)C(=O)N[C@@H](CC(C)C)C(=O)N[C@@H](C(=O)OC)[C@H](C)C(=O)N[C@@H](C)C(=O)Oc1c(F)c(F)c(F)c(F)c1F)N(C)C(=O)CC[C@@H](NC(=O)[C@@H](C)[C@H](/C=C/C(C)=C/[C@H](C)[C@H](Cc1ccccc1)OC)NC(=O)OC(C)(C)C)C(=O)OC. The average molecular weight is 1220 g/mol. The van der Waals surface area contributed by atoms with E-state index in [2.05, 4.69) is 37.9 Å². The number of benzene rings is 2. The van der Waals surface area contributed by atoms with Crippen LogP contribution in [0, 0.1) is 52.8 Å². The molecule has 27 heteroatoms. The van der Waals surface area contributed by atoms with Gasteiger partial charge < -0.3 is 60.5 Å². The summed E-state index contributed by atoms with van der Waals surface area (Å²) in [7, 11) is 4.80. The van der Waals surface area contributed by atoms with Gasteiger partial charge in [-0.15, -0.1) is 0 Å². The summed E-state index contributed by atoms with van der Waals surface area (Å²) in [4.78, 5) is 134. The number of halogens is 5. The molecule has 0 unspecified atom stereocenters. The van der Waals surface area contributed by atoms with Gasteiger partial charge in [-0.25, -0.2) is 32.3 Å². The molecule has 2 aromatic rings. The number of nitrogens with zero attached hydrogens (tertiary/aromatic N) is 1. The first-order valence-corrected chi connectivity index (χ1v) is 27.3. The molecule has 0 saturated carbocycles. The topological polar surface area (TPSA) is 292 Å². The number of allylic oxidation sites excluding steroid dienone is 2. The van der Waals surface area contributed by atoms with Gasteiger partial charge in [0.2, 0.25) is 64.4 Å². The van der Waals surface area contributed by atoms with Gasteiger partial charge in [0, 0.05) is 26.5 Å². The zero-order chi connectivity index (χ0) is 65.7. The predicted octanol–water partition coefficient (Wildman–Crippen LogP) is 5.46. The monoisotopic (exact) mass is 1220 g/mol. The molecule has 0 fully saturated rings. The van der Waals surface area contributed by atoms with Crippen molar-refractivity contribution in [3.05, 3.63) is 101 Å². The summed E-state index contributed by atoms with van der Waals surface area (Å²) < 4.78 is 94.5. The summed E-state index contributed by atoms with van der Waals surface area (Å²) in [6.07, 6.45) is 4.12. The summed E-state index contributed by atoms with van der Waals surface area (Å²) in [6, 6.07) is 0.882. The van der Waals surface area contributed by atoms with Gasteiger partial charge in [-0.05, 0) is 72.3 Å². The Labute approximate surface area is 497 Å². The summed E-state index contributed by atoms with van der Waals surface area (Å²) in [5, 5.41) is 14.5. The van der Waals surface area contributed by atoms with E-state index < -0.39 is 160 Å². The Morgan fingerprint density at radius 2 is 1.20 bits per heavy atom. The smallest absolute Gasteiger partial charge is 0.408 e. The summed E-state index contributed by atoms with van der Waals surface area (Å²) in [5.41, 5.74) is 0.530. The van der Waals surface area contributed by atoms with Crippen LogP contribution in [0.4, 0.5) is 26.7 Å². The lowest BCUT2D eigenvalue weighted by Crippen LogP contribution is -2.58. The minimum Gasteiger partial charge on any atom is -0.467 e. The molecule has 6 N–H and O–H groups in total. The van der Waals surface area contributed by atoms with Gasteiger partial charge in [0.15, 0.2) is 0 Å². The standard InChI is InChI=1S/C59H80F5N7O15/c1-29(2)26-40(54(77)70-48(57(80)84-16)33(6)51(74)66-35(8)55(78)85-49-46(63)44(61)43(60)45(62)47(49)64)68-52(75)34(7)65-53(76)36(9)71(13)42(72)25-24-39(56(79)83-15)67-50(73)32(5)38(69-58(81)86-59(10,11)12)23-22-30(3)27-31(4)41(82-14)28-37-20-18-17-19-21-37/h17-23,27,29,31-35,38-41,48H,9,24-26,28H2,1-8,10-16H3,(H,65,76)(H,66,74)(H,67,73)(H,68,75)(H,69,81)(H,70,77)/b23-22+,30-27+/t31-,32-,33-,34+,35-,38-,39+,40-,41-,48+/m0/s1. The van der Waals surface area contributed by atoms with Crippen LogP contribution in [0.15, 0.2) is 66.4 Å². The summed E-state index contributed by atoms with van der Waals surface area (Å²) >= 11 is 0. The number of esters is 3. The lowest BCUT2D eigenvalue weighted by Gasteiger charge is -2.28. The minimum absolute atomic E-state index is 0.0490. The van der Waals surface area contributed by atoms with Crippen molar-refractivity contribution < 1.29 is 93.6 Å². The van der Waals surface area contributed by atoms with Gasteiger partial charge in [-0.1, -0.05) is 95.3 Å². The highest BCUT2D eigenvalue weighted by Crippen LogP contribution is 2.30. The van der Waals surface area contributed by atoms with E-state index in [1.165, 1.54) is 20.9 Å². The van der Waals surface area contributed by atoms with Gasteiger partial charge in [0.25, 0.3) is 5.91 Å². The van der Waals surface area contributed by atoms with Crippen LogP contribution in [-0.2, 0) is 68.5 Å². The number of amides is 7. The predicted molar refractivity (Wildman–Crippen MR) is 302 cm³/mol. The Balaban J connectivity index is 2.18. The molecular weight excluding hydrogens is 1140 g/mol. The molecule has 0 aromatic heterocycles. The van der Waals surface area contributed by atoms with Crippen molar-refractivity contribution >= 4 is 59.4 Å². The zero-order valence-electron chi connectivity index (χ0n) is 51.0. The second-order valence-electron chi connectivity index (χ2n) is 21.8. The van der Waals surface area contributed by atoms with Crippen LogP contribution < -0.4 is 36.6 Å². The van der Waals surface area contributed by atoms with Crippen LogP contribution >= 0.6 is 0 Å². The molecule has 7 amide bonds. The number of rotatable bonds is 30. The number of likely N-dealkylation sites (N-methyl/N-ethyl adjacent to an activating group) is 1. The highest BCUT2D eigenvalue weighted by molar-refractivity contribution is 6.00. The number of hydrogen-bond acceptors (Lipinski definition) is 15. The Bertz CT molecular complexity index is 2820. The highest BCUT2D eigenvalue weighted by atomic mass is 19.2. The number of methoxy groups -OCH3 is 3. The van der Waals surface area contributed by atoms with E-state index in [1.807, 2.05) is 55.6 Å². The molecule has 0 radical (unpaired) electrons. The lowest BCUT2D eigenvalue weighted by molar-refractivity contribution is -0.149. The van der Waals surface area contributed by atoms with Crippen LogP contribution in [0.2, 0.25) is 0 Å². The maximum atomic E-state index is 14.2. The van der Waals surface area contributed by atoms with Gasteiger partial charge in [0.05, 0.1) is 38.2 Å². The van der Waals surface area contributed by atoms with Crippen molar-refractivity contribution in [1.82, 2.24) is 36.8 Å². The maximum absolute atomic E-state index is 14.2. The third-order valence-corrected chi connectivity index (χ3v) is 13.2. The molecular formula is C59H80F5N7O15. The van der Waals surface area contributed by atoms with E-state index in [9.17, 15) is 69.9 Å². The molecule has 22 nitrogen and oxygen atoms in total. The number of carbonyl (C=O) groups excluding carboxylic acids is 10. The Morgan fingerprint density at radius 1 is 0.651 bits per heavy atom. The Morgan fingerprint density at radius 3 is 1.73 bits per heavy atom. The number of hydrogen-bond donors (Lipinski definition) is 6. The largest absolute Gasteiger partial charge is 0.467 e. The number of nitrogens with one attached hydrogen (secondary N) is 6. The fourth-order valence-electron chi connectivity index (χ4n) is 8.08. The molecule has 0 heterocycles. The van der Waals surface area contributed by atoms with Gasteiger partial charge >= 0.3 is 24.0 Å². The van der Waals surface area contributed by atoms with E-state index in [0.717, 1.165) is 44.1 Å². The zero-order valence-corrected chi connectivity index (χ0v) is 51.0. The highest BCUT2D eigenvalue weighted by Gasteiger charge is 2.38. The number of ether oxygens (including phenoxy) is 5. The van der Waals surface area contributed by atoms with Crippen molar-refractivity contribution in [3.8, 4) is 5.75 Å². The molecule has 2 rings (SSSR count).